The van der Waals surface area contributed by atoms with Gasteiger partial charge in [-0.05, 0) is 49.8 Å². The summed E-state index contributed by atoms with van der Waals surface area (Å²) in [5.41, 5.74) is 0.858. The van der Waals surface area contributed by atoms with Crippen molar-refractivity contribution in [2.24, 2.45) is 5.92 Å². The Morgan fingerprint density at radius 3 is 2.55 bits per heavy atom. The molecule has 2 nitrogen and oxygen atoms in total. The molecular weight excluding hydrogens is 284 g/mol. The first kappa shape index (κ1) is 15.4. The maximum atomic E-state index is 12.1. The molecule has 0 spiro atoms. The van der Waals surface area contributed by atoms with E-state index < -0.39 is 6.61 Å². The van der Waals surface area contributed by atoms with E-state index in [-0.39, 0.29) is 10.8 Å². The minimum Gasteiger partial charge on any atom is -0.433 e. The third kappa shape index (κ3) is 4.23. The minimum atomic E-state index is -2.85. The average Bonchev–Trinajstić information content (AvgIpc) is 2.42. The first-order valence-electron chi connectivity index (χ1n) is 7.09. The van der Waals surface area contributed by atoms with E-state index in [1.807, 2.05) is 0 Å². The van der Waals surface area contributed by atoms with Crippen molar-refractivity contribution in [1.82, 2.24) is 0 Å². The molecule has 1 saturated carbocycles. The maximum Gasteiger partial charge on any atom is 0.387 e. The van der Waals surface area contributed by atoms with Gasteiger partial charge in [0.2, 0.25) is 0 Å². The van der Waals surface area contributed by atoms with Gasteiger partial charge in [-0.1, -0.05) is 24.9 Å². The van der Waals surface area contributed by atoms with E-state index in [1.54, 1.807) is 12.1 Å². The van der Waals surface area contributed by atoms with Crippen LogP contribution in [0.25, 0.3) is 0 Å². The Bertz CT molecular complexity index is 434. The van der Waals surface area contributed by atoms with Crippen LogP contribution in [0.3, 0.4) is 0 Å². The van der Waals surface area contributed by atoms with Crippen LogP contribution >= 0.6 is 11.6 Å². The molecule has 0 heterocycles. The third-order valence-corrected chi connectivity index (χ3v) is 4.24. The Morgan fingerprint density at radius 1 is 1.30 bits per heavy atom. The Kier molecular flexibility index (Phi) is 5.46. The Labute approximate surface area is 123 Å². The summed E-state index contributed by atoms with van der Waals surface area (Å²) in [4.78, 5) is 0. The quantitative estimate of drug-likeness (QED) is 0.794. The van der Waals surface area contributed by atoms with Gasteiger partial charge in [0, 0.05) is 11.7 Å². The van der Waals surface area contributed by atoms with Crippen molar-refractivity contribution < 1.29 is 13.5 Å². The summed E-state index contributed by atoms with van der Waals surface area (Å²) in [7, 11) is 0. The Hall–Kier alpha value is -1.03. The molecule has 0 aliphatic heterocycles. The Balaban J connectivity index is 1.92. The van der Waals surface area contributed by atoms with Gasteiger partial charge in [0.1, 0.15) is 5.75 Å². The summed E-state index contributed by atoms with van der Waals surface area (Å²) >= 11 is 5.94. The van der Waals surface area contributed by atoms with Gasteiger partial charge >= 0.3 is 6.61 Å². The molecule has 0 aromatic heterocycles. The predicted octanol–water partition coefficient (Wildman–Crippen LogP) is 5.32. The van der Waals surface area contributed by atoms with Crippen LogP contribution < -0.4 is 10.1 Å². The predicted molar refractivity (Wildman–Crippen MR) is 77.7 cm³/mol. The van der Waals surface area contributed by atoms with Crippen molar-refractivity contribution >= 4 is 17.3 Å². The summed E-state index contributed by atoms with van der Waals surface area (Å²) < 4.78 is 28.6. The summed E-state index contributed by atoms with van der Waals surface area (Å²) in [5, 5.41) is 3.63. The smallest absolute Gasteiger partial charge is 0.387 e. The summed E-state index contributed by atoms with van der Waals surface area (Å²) in [6.07, 6.45) is 6.03. The fourth-order valence-electron chi connectivity index (χ4n) is 2.73. The largest absolute Gasteiger partial charge is 0.433 e. The highest BCUT2D eigenvalue weighted by Crippen LogP contribution is 2.32. The van der Waals surface area contributed by atoms with Gasteiger partial charge < -0.3 is 10.1 Å². The molecular formula is C15H20ClF2NO. The molecule has 0 amide bonds. The zero-order valence-corrected chi connectivity index (χ0v) is 12.3. The third-order valence-electron chi connectivity index (χ3n) is 3.94. The van der Waals surface area contributed by atoms with Crippen LogP contribution in [0, 0.1) is 5.92 Å². The van der Waals surface area contributed by atoms with Gasteiger partial charge in [-0.25, -0.2) is 0 Å². The standard InChI is InChI=1S/C15H20ClF2NO/c1-2-10-3-5-11(6-4-10)19-12-7-8-14(13(16)9-12)20-15(17)18/h7-11,15,19H,2-6H2,1H3. The van der Waals surface area contributed by atoms with Crippen LogP contribution in [0.15, 0.2) is 18.2 Å². The molecule has 1 aromatic rings. The highest BCUT2D eigenvalue weighted by atomic mass is 35.5. The van der Waals surface area contributed by atoms with Gasteiger partial charge in [0.05, 0.1) is 5.02 Å². The molecule has 5 heteroatoms. The first-order chi connectivity index (χ1) is 9.58. The van der Waals surface area contributed by atoms with Crippen LogP contribution in [0.1, 0.15) is 39.0 Å². The minimum absolute atomic E-state index is 0.0157. The topological polar surface area (TPSA) is 21.3 Å². The van der Waals surface area contributed by atoms with Crippen molar-refractivity contribution in [1.29, 1.82) is 0 Å². The number of benzene rings is 1. The van der Waals surface area contributed by atoms with Gasteiger partial charge in [0.15, 0.2) is 0 Å². The van der Waals surface area contributed by atoms with Crippen molar-refractivity contribution in [3.05, 3.63) is 23.2 Å². The van der Waals surface area contributed by atoms with Crippen molar-refractivity contribution in [2.75, 3.05) is 5.32 Å². The Morgan fingerprint density at radius 2 is 2.00 bits per heavy atom. The van der Waals surface area contributed by atoms with Crippen LogP contribution in [-0.2, 0) is 0 Å². The molecule has 0 radical (unpaired) electrons. The SMILES string of the molecule is CCC1CCC(Nc2ccc(OC(F)F)c(Cl)c2)CC1. The zero-order valence-electron chi connectivity index (χ0n) is 11.5. The molecule has 0 bridgehead atoms. The van der Waals surface area contributed by atoms with Gasteiger partial charge in [-0.15, -0.1) is 0 Å². The van der Waals surface area contributed by atoms with E-state index in [0.717, 1.165) is 24.4 Å². The molecule has 1 aromatic carbocycles. The summed E-state index contributed by atoms with van der Waals surface area (Å²) in [6, 6.07) is 5.30. The number of hydrogen-bond acceptors (Lipinski definition) is 2. The van der Waals surface area contributed by atoms with Gasteiger partial charge in [0.25, 0.3) is 0 Å². The molecule has 0 unspecified atom stereocenters. The lowest BCUT2D eigenvalue weighted by Gasteiger charge is -2.29. The van der Waals surface area contributed by atoms with Crippen LogP contribution in [0.5, 0.6) is 5.75 Å². The van der Waals surface area contributed by atoms with Crippen LogP contribution in [-0.4, -0.2) is 12.7 Å². The lowest BCUT2D eigenvalue weighted by atomic mass is 9.84. The number of alkyl halides is 2. The first-order valence-corrected chi connectivity index (χ1v) is 7.47. The van der Waals surface area contributed by atoms with E-state index >= 15 is 0 Å². The van der Waals surface area contributed by atoms with E-state index in [0.29, 0.717) is 6.04 Å². The highest BCUT2D eigenvalue weighted by Gasteiger charge is 2.20. The van der Waals surface area contributed by atoms with E-state index in [9.17, 15) is 8.78 Å². The van der Waals surface area contributed by atoms with Crippen LogP contribution in [0.4, 0.5) is 14.5 Å². The molecule has 0 saturated heterocycles. The lowest BCUT2D eigenvalue weighted by molar-refractivity contribution is -0.0497. The summed E-state index contributed by atoms with van der Waals surface area (Å²) in [6.45, 7) is -0.615. The van der Waals surface area contributed by atoms with Crippen molar-refractivity contribution in [3.8, 4) is 5.75 Å². The zero-order chi connectivity index (χ0) is 14.5. The molecule has 0 atom stereocenters. The molecule has 1 aliphatic carbocycles. The van der Waals surface area contributed by atoms with Crippen molar-refractivity contribution in [2.45, 2.75) is 51.7 Å². The van der Waals surface area contributed by atoms with Crippen LogP contribution in [0.2, 0.25) is 5.02 Å². The fraction of sp³-hybridized carbons (Fsp3) is 0.600. The number of ether oxygens (including phenoxy) is 1. The number of nitrogens with one attached hydrogen (secondary N) is 1. The fourth-order valence-corrected chi connectivity index (χ4v) is 2.96. The molecule has 1 N–H and O–H groups in total. The summed E-state index contributed by atoms with van der Waals surface area (Å²) in [5.74, 6) is 0.861. The number of rotatable bonds is 5. The molecule has 1 fully saturated rings. The molecule has 112 valence electrons. The van der Waals surface area contributed by atoms with Crippen molar-refractivity contribution in [3.63, 3.8) is 0 Å². The molecule has 20 heavy (non-hydrogen) atoms. The second-order valence-corrected chi connectivity index (χ2v) is 5.70. The van der Waals surface area contributed by atoms with Gasteiger partial charge in [-0.2, -0.15) is 8.78 Å². The van der Waals surface area contributed by atoms with E-state index in [1.165, 1.54) is 25.3 Å². The lowest BCUT2D eigenvalue weighted by Crippen LogP contribution is -2.25. The molecule has 2 rings (SSSR count). The average molecular weight is 304 g/mol. The highest BCUT2D eigenvalue weighted by molar-refractivity contribution is 6.32. The van der Waals surface area contributed by atoms with E-state index in [2.05, 4.69) is 17.0 Å². The van der Waals surface area contributed by atoms with E-state index in [4.69, 9.17) is 11.6 Å². The number of halogens is 3. The maximum absolute atomic E-state index is 12.1. The second kappa shape index (κ2) is 7.11. The molecule has 1 aliphatic rings. The number of anilines is 1. The van der Waals surface area contributed by atoms with Gasteiger partial charge in [-0.3, -0.25) is 0 Å². The second-order valence-electron chi connectivity index (χ2n) is 5.29. The monoisotopic (exact) mass is 303 g/mol. The normalized spacial score (nSPS) is 22.9. The number of hydrogen-bond donors (Lipinski definition) is 1.